The molecule has 1 heterocycles. The van der Waals surface area contributed by atoms with Crippen molar-refractivity contribution in [3.05, 3.63) is 51.4 Å². The first kappa shape index (κ1) is 14.3. The molecule has 0 unspecified atom stereocenters. The van der Waals surface area contributed by atoms with E-state index in [1.807, 2.05) is 20.0 Å². The summed E-state index contributed by atoms with van der Waals surface area (Å²) in [5, 5.41) is 4.21. The lowest BCUT2D eigenvalue weighted by molar-refractivity contribution is 0.267. The van der Waals surface area contributed by atoms with Gasteiger partial charge in [-0.1, -0.05) is 23.2 Å². The van der Waals surface area contributed by atoms with Crippen LogP contribution in [0.25, 0.3) is 0 Å². The Morgan fingerprint density at radius 3 is 2.79 bits per heavy atom. The fourth-order valence-corrected chi connectivity index (χ4v) is 2.10. The summed E-state index contributed by atoms with van der Waals surface area (Å²) in [5.74, 6) is 2.21. The van der Waals surface area contributed by atoms with Crippen molar-refractivity contribution in [1.29, 1.82) is 0 Å². The van der Waals surface area contributed by atoms with Gasteiger partial charge in [0.1, 0.15) is 23.9 Å². The summed E-state index contributed by atoms with van der Waals surface area (Å²) in [7, 11) is 1.90. The third-order valence-corrected chi connectivity index (χ3v) is 3.25. The van der Waals surface area contributed by atoms with Crippen molar-refractivity contribution >= 4 is 23.2 Å². The molecule has 2 rings (SSSR count). The molecule has 0 bridgehead atoms. The topological polar surface area (TPSA) is 34.4 Å². The maximum Gasteiger partial charge on any atom is 0.146 e. The number of nitrogens with one attached hydrogen (secondary N) is 1. The third kappa shape index (κ3) is 3.66. The Labute approximate surface area is 122 Å². The molecular formula is C14H15Cl2NO2. The van der Waals surface area contributed by atoms with Crippen LogP contribution in [0.2, 0.25) is 10.0 Å². The fraction of sp³-hybridized carbons (Fsp3) is 0.286. The molecule has 3 nitrogen and oxygen atoms in total. The van der Waals surface area contributed by atoms with E-state index in [1.54, 1.807) is 18.2 Å². The highest BCUT2D eigenvalue weighted by Crippen LogP contribution is 2.28. The lowest BCUT2D eigenvalue weighted by Crippen LogP contribution is -2.04. The Kier molecular flexibility index (Phi) is 4.75. The van der Waals surface area contributed by atoms with Crippen LogP contribution in [0.3, 0.4) is 0 Å². The molecule has 0 aliphatic carbocycles. The van der Waals surface area contributed by atoms with Crippen molar-refractivity contribution in [2.24, 2.45) is 0 Å². The number of ether oxygens (including phenoxy) is 1. The summed E-state index contributed by atoms with van der Waals surface area (Å²) in [6, 6.07) is 7.09. The molecule has 0 radical (unpaired) electrons. The molecule has 1 aromatic carbocycles. The molecule has 5 heteroatoms. The number of rotatable bonds is 5. The molecule has 2 aromatic rings. The minimum Gasteiger partial charge on any atom is -0.484 e. The van der Waals surface area contributed by atoms with Crippen LogP contribution in [0, 0.1) is 6.92 Å². The number of halogens is 2. The maximum atomic E-state index is 6.02. The Balaban J connectivity index is 2.06. The van der Waals surface area contributed by atoms with E-state index in [9.17, 15) is 0 Å². The highest BCUT2D eigenvalue weighted by atomic mass is 35.5. The van der Waals surface area contributed by atoms with E-state index in [1.165, 1.54) is 0 Å². The summed E-state index contributed by atoms with van der Waals surface area (Å²) in [6.45, 7) is 3.03. The third-order valence-electron chi connectivity index (χ3n) is 2.70. The van der Waals surface area contributed by atoms with E-state index in [2.05, 4.69) is 5.32 Å². The van der Waals surface area contributed by atoms with Crippen LogP contribution in [-0.2, 0) is 13.2 Å². The van der Waals surface area contributed by atoms with Gasteiger partial charge >= 0.3 is 0 Å². The molecule has 1 N–H and O–H groups in total. The molecule has 1 aromatic heterocycles. The molecule has 0 aliphatic rings. The molecule has 19 heavy (non-hydrogen) atoms. The van der Waals surface area contributed by atoms with E-state index < -0.39 is 0 Å². The van der Waals surface area contributed by atoms with Crippen LogP contribution in [0.1, 0.15) is 17.1 Å². The molecule has 0 saturated heterocycles. The highest BCUT2D eigenvalue weighted by molar-refractivity contribution is 6.34. The van der Waals surface area contributed by atoms with E-state index in [0.717, 1.165) is 23.6 Å². The predicted octanol–water partition coefficient (Wildman–Crippen LogP) is 4.19. The first-order chi connectivity index (χ1) is 9.10. The molecule has 0 saturated carbocycles. The quantitative estimate of drug-likeness (QED) is 0.899. The second-order valence-corrected chi connectivity index (χ2v) is 5.03. The van der Waals surface area contributed by atoms with Gasteiger partial charge in [0.15, 0.2) is 0 Å². The van der Waals surface area contributed by atoms with Crippen LogP contribution in [-0.4, -0.2) is 7.05 Å². The zero-order chi connectivity index (χ0) is 13.8. The number of hydrogen-bond acceptors (Lipinski definition) is 3. The minimum atomic E-state index is 0.324. The smallest absolute Gasteiger partial charge is 0.146 e. The highest BCUT2D eigenvalue weighted by Gasteiger charge is 2.09. The van der Waals surface area contributed by atoms with E-state index in [-0.39, 0.29) is 0 Å². The Morgan fingerprint density at radius 1 is 1.26 bits per heavy atom. The van der Waals surface area contributed by atoms with Gasteiger partial charge in [0.2, 0.25) is 0 Å². The van der Waals surface area contributed by atoms with Crippen LogP contribution in [0.15, 0.2) is 28.7 Å². The van der Waals surface area contributed by atoms with Crippen LogP contribution < -0.4 is 10.1 Å². The van der Waals surface area contributed by atoms with Crippen molar-refractivity contribution in [2.75, 3.05) is 7.05 Å². The number of furan rings is 1. The zero-order valence-electron chi connectivity index (χ0n) is 10.8. The van der Waals surface area contributed by atoms with Gasteiger partial charge in [-0.15, -0.1) is 0 Å². The number of hydrogen-bond donors (Lipinski definition) is 1. The largest absolute Gasteiger partial charge is 0.484 e. The molecule has 0 spiro atoms. The molecule has 0 fully saturated rings. The predicted molar refractivity (Wildman–Crippen MR) is 77.0 cm³/mol. The molecule has 0 amide bonds. The standard InChI is InChI=1S/C14H15Cl2NO2/c1-9-10(7-17-2)5-12(19-9)8-18-14-6-11(15)3-4-13(14)16/h3-6,17H,7-8H2,1-2H3. The summed E-state index contributed by atoms with van der Waals surface area (Å²) in [5.41, 5.74) is 1.12. The lowest BCUT2D eigenvalue weighted by atomic mass is 10.2. The number of benzene rings is 1. The van der Waals surface area contributed by atoms with Crippen molar-refractivity contribution in [2.45, 2.75) is 20.1 Å². The van der Waals surface area contributed by atoms with E-state index >= 15 is 0 Å². The summed E-state index contributed by atoms with van der Waals surface area (Å²) >= 11 is 11.9. The van der Waals surface area contributed by atoms with Crippen molar-refractivity contribution in [1.82, 2.24) is 5.32 Å². The normalized spacial score (nSPS) is 10.7. The van der Waals surface area contributed by atoms with Gasteiger partial charge in [-0.05, 0) is 32.2 Å². The van der Waals surface area contributed by atoms with Crippen molar-refractivity contribution < 1.29 is 9.15 Å². The second kappa shape index (κ2) is 6.33. The van der Waals surface area contributed by atoms with Gasteiger partial charge in [0.25, 0.3) is 0 Å². The van der Waals surface area contributed by atoms with Crippen LogP contribution >= 0.6 is 23.2 Å². The van der Waals surface area contributed by atoms with Gasteiger partial charge in [0, 0.05) is 23.2 Å². The fourth-order valence-electron chi connectivity index (χ4n) is 1.76. The molecule has 0 aliphatic heterocycles. The first-order valence-electron chi connectivity index (χ1n) is 5.91. The average Bonchev–Trinajstić information content (AvgIpc) is 2.72. The SMILES string of the molecule is CNCc1cc(COc2cc(Cl)ccc2Cl)oc1C. The summed E-state index contributed by atoms with van der Waals surface area (Å²) in [6.07, 6.45) is 0. The average molecular weight is 300 g/mol. The minimum absolute atomic E-state index is 0.324. The lowest BCUT2D eigenvalue weighted by Gasteiger charge is -2.06. The Hall–Kier alpha value is -1.16. The van der Waals surface area contributed by atoms with Gasteiger partial charge in [0.05, 0.1) is 5.02 Å². The monoisotopic (exact) mass is 299 g/mol. The molecular weight excluding hydrogens is 285 g/mol. The van der Waals surface area contributed by atoms with Gasteiger partial charge in [-0.3, -0.25) is 0 Å². The second-order valence-electron chi connectivity index (χ2n) is 4.19. The zero-order valence-corrected chi connectivity index (χ0v) is 12.3. The van der Waals surface area contributed by atoms with Crippen LogP contribution in [0.5, 0.6) is 5.75 Å². The van der Waals surface area contributed by atoms with Gasteiger partial charge in [-0.2, -0.15) is 0 Å². The van der Waals surface area contributed by atoms with Crippen molar-refractivity contribution in [3.63, 3.8) is 0 Å². The first-order valence-corrected chi connectivity index (χ1v) is 6.66. The van der Waals surface area contributed by atoms with Gasteiger partial charge < -0.3 is 14.5 Å². The Morgan fingerprint density at radius 2 is 2.05 bits per heavy atom. The number of aryl methyl sites for hydroxylation is 1. The molecule has 102 valence electrons. The van der Waals surface area contributed by atoms with Crippen molar-refractivity contribution in [3.8, 4) is 5.75 Å². The van der Waals surface area contributed by atoms with Crippen LogP contribution in [0.4, 0.5) is 0 Å². The van der Waals surface area contributed by atoms with E-state index in [0.29, 0.717) is 22.4 Å². The molecule has 0 atom stereocenters. The maximum absolute atomic E-state index is 6.02. The summed E-state index contributed by atoms with van der Waals surface area (Å²) < 4.78 is 11.2. The van der Waals surface area contributed by atoms with Gasteiger partial charge in [-0.25, -0.2) is 0 Å². The summed E-state index contributed by atoms with van der Waals surface area (Å²) in [4.78, 5) is 0. The van der Waals surface area contributed by atoms with E-state index in [4.69, 9.17) is 32.4 Å². The Bertz CT molecular complexity index is 567.